The van der Waals surface area contributed by atoms with E-state index in [0.717, 1.165) is 10.9 Å². The van der Waals surface area contributed by atoms with Crippen LogP contribution in [0, 0.1) is 11.4 Å². The van der Waals surface area contributed by atoms with Gasteiger partial charge in [0.25, 0.3) is 5.72 Å². The first-order valence-electron chi connectivity index (χ1n) is 6.94. The quantitative estimate of drug-likeness (QED) is 0.456. The van der Waals surface area contributed by atoms with Crippen LogP contribution in [0.3, 0.4) is 0 Å². The Kier molecular flexibility index (Phi) is 3.95. The van der Waals surface area contributed by atoms with Crippen LogP contribution in [0.5, 0.6) is 0 Å². The Balaban J connectivity index is 2.18. The second-order valence-corrected chi connectivity index (χ2v) is 5.45. The first-order chi connectivity index (χ1) is 11.7. The fraction of sp³-hybridized carbons (Fsp3) is 0.500. The second-order valence-electron chi connectivity index (χ2n) is 5.45. The molecule has 0 unspecified atom stereocenters. The number of rotatable bonds is 3. The first kappa shape index (κ1) is 17.2. The molecule has 0 amide bonds. The number of anilines is 1. The summed E-state index contributed by atoms with van der Waals surface area (Å²) in [7, 11) is 0. The molecule has 2 aromatic heterocycles. The van der Waals surface area contributed by atoms with E-state index in [1.807, 2.05) is 0 Å². The number of nitrogens with two attached hydrogens (primary N) is 1. The van der Waals surface area contributed by atoms with E-state index in [1.165, 1.54) is 12.3 Å². The predicted molar refractivity (Wildman–Crippen MR) is 74.7 cm³/mol. The predicted octanol–water partition coefficient (Wildman–Crippen LogP) is 0.321. The zero-order chi connectivity index (χ0) is 18.4. The van der Waals surface area contributed by atoms with Gasteiger partial charge in [-0.2, -0.15) is 13.2 Å². The molecule has 0 aromatic carbocycles. The highest BCUT2D eigenvalue weighted by Gasteiger charge is 2.67. The molecule has 134 valence electrons. The standard InChI is InChI=1S/C12H13F3N7O3/c13-12(14,15)6-8(24)11(3-23,20-21-17)25-10(6)22-4-19-7-5(16)1-2-18-9(7)22/h1-2,4,6,8,10,17,23-24H,3H2,(H2,16,18)/q+1/t6-,8-,10+,11+/m0/s1. The highest BCUT2D eigenvalue weighted by Crippen LogP contribution is 2.50. The molecular formula is C12H13F3N7O3+. The molecule has 3 rings (SSSR count). The number of nitrogens with zero attached hydrogens (tertiary/aromatic N) is 5. The highest BCUT2D eigenvalue weighted by atomic mass is 19.4. The minimum absolute atomic E-state index is 0.00278. The van der Waals surface area contributed by atoms with E-state index in [-0.39, 0.29) is 16.9 Å². The molecule has 0 aliphatic carbocycles. The SMILES string of the molecule is N=[N+]=N[C@]1(CO)O[C@@H](n2cnc3c(N)ccnc32)[C@@H](C(F)(F)F)[C@@H]1O. The molecule has 1 aliphatic rings. The van der Waals surface area contributed by atoms with Gasteiger partial charge in [0.1, 0.15) is 29.7 Å². The monoisotopic (exact) mass is 360 g/mol. The van der Waals surface area contributed by atoms with Gasteiger partial charge in [-0.1, -0.05) is 0 Å². The summed E-state index contributed by atoms with van der Waals surface area (Å²) < 4.78 is 46.8. The number of fused-ring (bicyclic) bond motifs is 1. The molecule has 0 bridgehead atoms. The Morgan fingerprint density at radius 3 is 2.80 bits per heavy atom. The third-order valence-electron chi connectivity index (χ3n) is 4.02. The van der Waals surface area contributed by atoms with E-state index >= 15 is 0 Å². The molecule has 0 radical (unpaired) electrons. The Hall–Kier alpha value is -2.60. The van der Waals surface area contributed by atoms with Gasteiger partial charge in [0.2, 0.25) is 4.91 Å². The zero-order valence-corrected chi connectivity index (χ0v) is 12.4. The Morgan fingerprint density at radius 1 is 1.48 bits per heavy atom. The van der Waals surface area contributed by atoms with Gasteiger partial charge in [-0.25, -0.2) is 9.97 Å². The van der Waals surface area contributed by atoms with Crippen LogP contribution in [-0.4, -0.2) is 49.4 Å². The summed E-state index contributed by atoms with van der Waals surface area (Å²) in [4.78, 5) is 10.5. The molecule has 13 heteroatoms. The van der Waals surface area contributed by atoms with Gasteiger partial charge < -0.3 is 20.7 Å². The molecule has 0 spiro atoms. The maximum absolute atomic E-state index is 13.5. The van der Waals surface area contributed by atoms with Gasteiger partial charge in [-0.05, 0) is 6.07 Å². The van der Waals surface area contributed by atoms with Crippen LogP contribution >= 0.6 is 0 Å². The van der Waals surface area contributed by atoms with Crippen molar-refractivity contribution in [1.29, 1.82) is 5.53 Å². The van der Waals surface area contributed by atoms with Crippen LogP contribution in [0.25, 0.3) is 11.2 Å². The minimum atomic E-state index is -4.91. The number of pyridine rings is 1. The van der Waals surface area contributed by atoms with Gasteiger partial charge in [-0.3, -0.25) is 4.57 Å². The molecule has 5 N–H and O–H groups in total. The second kappa shape index (κ2) is 5.74. The Morgan fingerprint density at radius 2 is 2.20 bits per heavy atom. The van der Waals surface area contributed by atoms with Crippen LogP contribution in [0.1, 0.15) is 6.23 Å². The topological polar surface area (TPSA) is 157 Å². The van der Waals surface area contributed by atoms with Crippen molar-refractivity contribution in [1.82, 2.24) is 19.4 Å². The van der Waals surface area contributed by atoms with E-state index in [4.69, 9.17) is 16.0 Å². The number of nitrogens with one attached hydrogen (secondary N) is 1. The molecule has 2 aromatic rings. The summed E-state index contributed by atoms with van der Waals surface area (Å²) in [5.41, 5.74) is 10.4. The van der Waals surface area contributed by atoms with Crippen LogP contribution < -0.4 is 10.6 Å². The molecule has 1 aliphatic heterocycles. The minimum Gasteiger partial charge on any atom is -0.397 e. The van der Waals surface area contributed by atoms with E-state index in [0.29, 0.717) is 0 Å². The number of aliphatic hydroxyl groups is 2. The number of nitrogen functional groups attached to an aromatic ring is 1. The van der Waals surface area contributed by atoms with Crippen molar-refractivity contribution < 1.29 is 28.1 Å². The molecule has 0 saturated carbocycles. The number of hydrogen-bond donors (Lipinski definition) is 4. The summed E-state index contributed by atoms with van der Waals surface area (Å²) >= 11 is 0. The lowest BCUT2D eigenvalue weighted by Crippen LogP contribution is -2.46. The fourth-order valence-corrected chi connectivity index (χ4v) is 2.83. The van der Waals surface area contributed by atoms with Crippen LogP contribution in [0.2, 0.25) is 0 Å². The lowest BCUT2D eigenvalue weighted by atomic mass is 9.95. The number of ether oxygens (including phenoxy) is 1. The van der Waals surface area contributed by atoms with E-state index in [1.54, 1.807) is 0 Å². The van der Waals surface area contributed by atoms with Crippen LogP contribution in [-0.2, 0) is 4.74 Å². The van der Waals surface area contributed by atoms with Crippen molar-refractivity contribution in [2.24, 2.45) is 11.0 Å². The summed E-state index contributed by atoms with van der Waals surface area (Å²) in [5.74, 6) is -2.47. The number of aromatic nitrogens is 3. The van der Waals surface area contributed by atoms with Crippen molar-refractivity contribution >= 4 is 16.9 Å². The largest absolute Gasteiger partial charge is 0.398 e. The van der Waals surface area contributed by atoms with Crippen LogP contribution in [0.4, 0.5) is 18.9 Å². The van der Waals surface area contributed by atoms with Crippen molar-refractivity contribution in [2.75, 3.05) is 12.3 Å². The molecule has 10 nitrogen and oxygen atoms in total. The Labute approximate surface area is 137 Å². The van der Waals surface area contributed by atoms with Gasteiger partial charge in [-0.15, -0.1) is 0 Å². The van der Waals surface area contributed by atoms with Gasteiger partial charge in [0.05, 0.1) is 12.0 Å². The summed E-state index contributed by atoms with van der Waals surface area (Å²) in [6.07, 6.45) is -6.72. The van der Waals surface area contributed by atoms with E-state index in [9.17, 15) is 23.4 Å². The third-order valence-corrected chi connectivity index (χ3v) is 4.02. The highest BCUT2D eigenvalue weighted by molar-refractivity contribution is 5.83. The molecule has 1 fully saturated rings. The summed E-state index contributed by atoms with van der Waals surface area (Å²) in [6, 6.07) is 1.43. The Bertz CT molecular complexity index is 850. The average Bonchev–Trinajstić information content (AvgIpc) is 3.08. The van der Waals surface area contributed by atoms with E-state index in [2.05, 4.69) is 20.0 Å². The maximum atomic E-state index is 13.5. The van der Waals surface area contributed by atoms with Crippen molar-refractivity contribution in [3.63, 3.8) is 0 Å². The normalized spacial score (nSPS) is 29.7. The molecular weight excluding hydrogens is 347 g/mol. The number of halogens is 3. The lowest BCUT2D eigenvalue weighted by Gasteiger charge is -2.23. The van der Waals surface area contributed by atoms with Crippen LogP contribution in [0.15, 0.2) is 23.7 Å². The molecule has 1 saturated heterocycles. The van der Waals surface area contributed by atoms with Gasteiger partial charge in [0, 0.05) is 6.20 Å². The number of alkyl halides is 3. The number of aliphatic hydroxyl groups excluding tert-OH is 2. The first-order valence-corrected chi connectivity index (χ1v) is 6.94. The zero-order valence-electron chi connectivity index (χ0n) is 12.4. The third kappa shape index (κ3) is 2.53. The van der Waals surface area contributed by atoms with Crippen molar-refractivity contribution in [2.45, 2.75) is 24.2 Å². The maximum Gasteiger partial charge on any atom is 0.398 e. The lowest BCUT2D eigenvalue weighted by molar-refractivity contribution is -0.210. The van der Waals surface area contributed by atoms with Crippen molar-refractivity contribution in [3.8, 4) is 0 Å². The number of hydrogen-bond acceptors (Lipinski definition) is 8. The molecule has 4 atom stereocenters. The smallest absolute Gasteiger partial charge is 0.397 e. The van der Waals surface area contributed by atoms with Gasteiger partial charge in [0.15, 0.2) is 17.0 Å². The summed E-state index contributed by atoms with van der Waals surface area (Å²) in [6.45, 7) is -1.11. The van der Waals surface area contributed by atoms with Gasteiger partial charge >= 0.3 is 6.18 Å². The van der Waals surface area contributed by atoms with Crippen molar-refractivity contribution in [3.05, 3.63) is 18.6 Å². The van der Waals surface area contributed by atoms with E-state index < -0.39 is 36.8 Å². The number of imidazole rings is 1. The molecule has 25 heavy (non-hydrogen) atoms. The molecule has 3 heterocycles. The fourth-order valence-electron chi connectivity index (χ4n) is 2.83. The summed E-state index contributed by atoms with van der Waals surface area (Å²) in [5, 5.41) is 22.7. The average molecular weight is 360 g/mol.